The van der Waals surface area contributed by atoms with Crippen LogP contribution in [0.15, 0.2) is 41.8 Å². The first-order chi connectivity index (χ1) is 13.1. The molecule has 2 atom stereocenters. The molecule has 4 nitrogen and oxygen atoms in total. The minimum Gasteiger partial charge on any atom is -0.354 e. The Bertz CT molecular complexity index is 712. The van der Waals surface area contributed by atoms with Crippen molar-refractivity contribution in [2.75, 3.05) is 38.0 Å². The fraction of sp³-hybridized carbons (Fsp3) is 0.450. The first kappa shape index (κ1) is 20.2. The molecule has 0 unspecified atom stereocenters. The molecule has 146 valence electrons. The van der Waals surface area contributed by atoms with E-state index in [1.165, 1.54) is 49.7 Å². The molecular weight excluding hydrogens is 379 g/mol. The first-order valence-corrected chi connectivity index (χ1v) is 10.9. The zero-order valence-corrected chi connectivity index (χ0v) is 17.6. The van der Waals surface area contributed by atoms with Crippen LogP contribution in [-0.2, 0) is 0 Å². The number of hydrogen-bond donors (Lipinski definition) is 4. The Morgan fingerprint density at radius 1 is 1.19 bits per heavy atom. The highest BCUT2D eigenvalue weighted by Crippen LogP contribution is 2.20. The third-order valence-electron chi connectivity index (χ3n) is 5.35. The summed E-state index contributed by atoms with van der Waals surface area (Å²) in [7, 11) is 0. The van der Waals surface area contributed by atoms with Gasteiger partial charge in [-0.3, -0.25) is 0 Å². The predicted molar refractivity (Wildman–Crippen MR) is 114 cm³/mol. The summed E-state index contributed by atoms with van der Waals surface area (Å²) in [5.74, 6) is -0.248. The Balaban J connectivity index is 1.65. The minimum atomic E-state index is -0.248. The SMILES string of the molecule is CC[NH+]1CC[NH+]([C@@H](c2cccs2)[C@@H](C)NC(=S)Nc2ccc(F)cc2)CC1. The third kappa shape index (κ3) is 5.48. The average molecular weight is 409 g/mol. The number of thiocarbonyl (C=S) groups is 1. The van der Waals surface area contributed by atoms with Gasteiger partial charge in [-0.1, -0.05) is 6.07 Å². The van der Waals surface area contributed by atoms with Gasteiger partial charge in [-0.25, -0.2) is 4.39 Å². The molecule has 0 amide bonds. The van der Waals surface area contributed by atoms with Crippen molar-refractivity contribution >= 4 is 34.4 Å². The second-order valence-corrected chi connectivity index (χ2v) is 8.54. The van der Waals surface area contributed by atoms with Crippen LogP contribution in [0.2, 0.25) is 0 Å². The number of rotatable bonds is 6. The summed E-state index contributed by atoms with van der Waals surface area (Å²) < 4.78 is 13.1. The van der Waals surface area contributed by atoms with Gasteiger partial charge >= 0.3 is 0 Å². The van der Waals surface area contributed by atoms with Crippen LogP contribution < -0.4 is 20.4 Å². The van der Waals surface area contributed by atoms with E-state index >= 15 is 0 Å². The van der Waals surface area contributed by atoms with E-state index in [4.69, 9.17) is 12.2 Å². The molecule has 7 heteroatoms. The molecule has 0 aliphatic carbocycles. The van der Waals surface area contributed by atoms with Crippen molar-refractivity contribution in [2.24, 2.45) is 0 Å². The molecule has 1 aromatic heterocycles. The summed E-state index contributed by atoms with van der Waals surface area (Å²) in [6.07, 6.45) is 0. The van der Waals surface area contributed by atoms with E-state index in [0.29, 0.717) is 11.2 Å². The molecule has 27 heavy (non-hydrogen) atoms. The maximum absolute atomic E-state index is 13.1. The van der Waals surface area contributed by atoms with Gasteiger partial charge in [0.15, 0.2) is 5.11 Å². The molecule has 1 aliphatic heterocycles. The van der Waals surface area contributed by atoms with Gasteiger partial charge in [-0.05, 0) is 61.8 Å². The fourth-order valence-electron chi connectivity index (χ4n) is 3.85. The Morgan fingerprint density at radius 3 is 2.48 bits per heavy atom. The molecule has 2 aromatic rings. The Kier molecular flexibility index (Phi) is 7.18. The third-order valence-corrected chi connectivity index (χ3v) is 6.53. The normalized spacial score (nSPS) is 22.0. The van der Waals surface area contributed by atoms with E-state index in [-0.39, 0.29) is 11.9 Å². The minimum absolute atomic E-state index is 0.197. The highest BCUT2D eigenvalue weighted by Gasteiger charge is 2.34. The van der Waals surface area contributed by atoms with Crippen LogP contribution in [0.4, 0.5) is 10.1 Å². The highest BCUT2D eigenvalue weighted by atomic mass is 32.1. The maximum atomic E-state index is 13.1. The zero-order chi connectivity index (χ0) is 19.2. The van der Waals surface area contributed by atoms with E-state index in [0.717, 1.165) is 5.69 Å². The summed E-state index contributed by atoms with van der Waals surface area (Å²) in [6, 6.07) is 11.2. The van der Waals surface area contributed by atoms with E-state index in [2.05, 4.69) is 42.0 Å². The monoisotopic (exact) mass is 408 g/mol. The van der Waals surface area contributed by atoms with Crippen LogP contribution in [0.5, 0.6) is 0 Å². The van der Waals surface area contributed by atoms with Crippen molar-refractivity contribution in [3.63, 3.8) is 0 Å². The molecule has 1 aromatic carbocycles. The lowest BCUT2D eigenvalue weighted by Gasteiger charge is -2.37. The van der Waals surface area contributed by atoms with Gasteiger partial charge in [0.1, 0.15) is 38.0 Å². The maximum Gasteiger partial charge on any atom is 0.171 e. The van der Waals surface area contributed by atoms with Crippen molar-refractivity contribution in [3.05, 3.63) is 52.5 Å². The molecule has 0 saturated carbocycles. The standard InChI is InChI=1S/C20H27FN4S2/c1-3-24-10-12-25(13-11-24)19(18-5-4-14-27-18)15(2)22-20(26)23-17-8-6-16(21)7-9-17/h4-9,14-15,19H,3,10-13H2,1-2H3,(H2,22,23,26)/p+2/t15-,19-/m1/s1. The van der Waals surface area contributed by atoms with Crippen molar-refractivity contribution in [3.8, 4) is 0 Å². The Morgan fingerprint density at radius 2 is 1.89 bits per heavy atom. The number of thiophene rings is 1. The first-order valence-electron chi connectivity index (χ1n) is 9.61. The smallest absolute Gasteiger partial charge is 0.171 e. The van der Waals surface area contributed by atoms with Gasteiger partial charge in [0.2, 0.25) is 0 Å². The van der Waals surface area contributed by atoms with Crippen LogP contribution in [-0.4, -0.2) is 43.9 Å². The highest BCUT2D eigenvalue weighted by molar-refractivity contribution is 7.80. The van der Waals surface area contributed by atoms with Crippen molar-refractivity contribution in [2.45, 2.75) is 25.9 Å². The van der Waals surface area contributed by atoms with Gasteiger partial charge < -0.3 is 20.4 Å². The molecule has 1 fully saturated rings. The van der Waals surface area contributed by atoms with Gasteiger partial charge in [0.05, 0.1) is 17.5 Å². The van der Waals surface area contributed by atoms with Crippen LogP contribution in [0.3, 0.4) is 0 Å². The van der Waals surface area contributed by atoms with E-state index in [9.17, 15) is 4.39 Å². The van der Waals surface area contributed by atoms with Gasteiger partial charge in [0, 0.05) is 5.69 Å². The number of nitrogens with one attached hydrogen (secondary N) is 4. The lowest BCUT2D eigenvalue weighted by atomic mass is 10.1. The fourth-order valence-corrected chi connectivity index (χ4v) is 5.14. The Hall–Kier alpha value is -1.54. The number of quaternary nitrogens is 2. The van der Waals surface area contributed by atoms with Crippen molar-refractivity contribution in [1.29, 1.82) is 0 Å². The van der Waals surface area contributed by atoms with Gasteiger partial charge in [0.25, 0.3) is 0 Å². The molecule has 3 rings (SSSR count). The summed E-state index contributed by atoms with van der Waals surface area (Å²) in [4.78, 5) is 4.71. The van der Waals surface area contributed by atoms with Gasteiger partial charge in [-0.2, -0.15) is 0 Å². The quantitative estimate of drug-likeness (QED) is 0.541. The molecule has 2 heterocycles. The number of anilines is 1. The predicted octanol–water partition coefficient (Wildman–Crippen LogP) is 1.11. The van der Waals surface area contributed by atoms with Crippen LogP contribution in [0.1, 0.15) is 24.8 Å². The molecule has 4 N–H and O–H groups in total. The van der Waals surface area contributed by atoms with Crippen molar-refractivity contribution < 1.29 is 14.2 Å². The van der Waals surface area contributed by atoms with E-state index in [1.807, 2.05) is 11.3 Å². The summed E-state index contributed by atoms with van der Waals surface area (Å²) in [6.45, 7) is 10.5. The zero-order valence-electron chi connectivity index (χ0n) is 15.9. The van der Waals surface area contributed by atoms with Crippen LogP contribution in [0.25, 0.3) is 0 Å². The number of piperazine rings is 1. The molecule has 0 spiro atoms. The number of benzene rings is 1. The second-order valence-electron chi connectivity index (χ2n) is 7.15. The lowest BCUT2D eigenvalue weighted by molar-refractivity contribution is -1.03. The number of halogens is 1. The van der Waals surface area contributed by atoms with Crippen LogP contribution in [0, 0.1) is 5.82 Å². The summed E-state index contributed by atoms with van der Waals surface area (Å²) >= 11 is 7.33. The summed E-state index contributed by atoms with van der Waals surface area (Å²) in [5, 5.41) is 9.35. The van der Waals surface area contributed by atoms with Crippen LogP contribution >= 0.6 is 23.6 Å². The topological polar surface area (TPSA) is 32.9 Å². The van der Waals surface area contributed by atoms with E-state index < -0.39 is 0 Å². The summed E-state index contributed by atoms with van der Waals surface area (Å²) in [5.41, 5.74) is 0.793. The van der Waals surface area contributed by atoms with Gasteiger partial charge in [-0.15, -0.1) is 11.3 Å². The van der Waals surface area contributed by atoms with E-state index in [1.54, 1.807) is 21.9 Å². The molecular formula is C20H29FN4S2+2. The Labute approximate surface area is 170 Å². The molecule has 0 radical (unpaired) electrons. The second kappa shape index (κ2) is 9.59. The average Bonchev–Trinajstić information content (AvgIpc) is 3.18. The van der Waals surface area contributed by atoms with Crippen molar-refractivity contribution in [1.82, 2.24) is 5.32 Å². The molecule has 1 saturated heterocycles. The largest absolute Gasteiger partial charge is 0.354 e. The molecule has 1 aliphatic rings. The number of hydrogen-bond acceptors (Lipinski definition) is 2. The number of likely N-dealkylation sites (N-methyl/N-ethyl adjacent to an activating group) is 1. The molecule has 0 bridgehead atoms. The lowest BCUT2D eigenvalue weighted by Crippen LogP contribution is -3.28.